The van der Waals surface area contributed by atoms with Gasteiger partial charge in [0.15, 0.2) is 0 Å². The van der Waals surface area contributed by atoms with Gasteiger partial charge in [-0.15, -0.1) is 0 Å². The highest BCUT2D eigenvalue weighted by Gasteiger charge is 2.28. The molecular weight excluding hydrogens is 288 g/mol. The summed E-state index contributed by atoms with van der Waals surface area (Å²) in [7, 11) is 0. The highest BCUT2D eigenvalue weighted by Crippen LogP contribution is 2.18. The Hall–Kier alpha value is -2.90. The first-order valence-corrected chi connectivity index (χ1v) is 6.79. The SMILES string of the molecule is O=C(N[C@@H]1CCN(C(=O)O)C1)c1cc(-c2ccncc2)no1. The summed E-state index contributed by atoms with van der Waals surface area (Å²) in [5, 5.41) is 15.5. The molecule has 2 aromatic rings. The van der Waals surface area contributed by atoms with Crippen LogP contribution in [-0.4, -0.2) is 51.3 Å². The molecule has 0 aromatic carbocycles. The van der Waals surface area contributed by atoms with E-state index < -0.39 is 12.0 Å². The highest BCUT2D eigenvalue weighted by atomic mass is 16.5. The van der Waals surface area contributed by atoms with Gasteiger partial charge in [0.1, 0.15) is 5.69 Å². The van der Waals surface area contributed by atoms with Gasteiger partial charge in [0, 0.05) is 43.2 Å². The number of likely N-dealkylation sites (tertiary alicyclic amines) is 1. The molecule has 0 saturated carbocycles. The van der Waals surface area contributed by atoms with E-state index in [4.69, 9.17) is 9.63 Å². The van der Waals surface area contributed by atoms with Crippen LogP contribution < -0.4 is 5.32 Å². The topological polar surface area (TPSA) is 109 Å². The minimum atomic E-state index is -0.976. The maximum Gasteiger partial charge on any atom is 0.407 e. The Bertz CT molecular complexity index is 685. The van der Waals surface area contributed by atoms with E-state index in [1.807, 2.05) is 0 Å². The Labute approximate surface area is 125 Å². The van der Waals surface area contributed by atoms with E-state index in [-0.39, 0.29) is 18.3 Å². The molecule has 1 saturated heterocycles. The molecular formula is C14H14N4O4. The Morgan fingerprint density at radius 1 is 1.36 bits per heavy atom. The van der Waals surface area contributed by atoms with E-state index in [1.165, 1.54) is 4.90 Å². The van der Waals surface area contributed by atoms with Crippen molar-refractivity contribution in [2.24, 2.45) is 0 Å². The molecule has 1 aliphatic heterocycles. The lowest BCUT2D eigenvalue weighted by atomic mass is 10.2. The number of hydrogen-bond donors (Lipinski definition) is 2. The molecule has 114 valence electrons. The summed E-state index contributed by atoms with van der Waals surface area (Å²) in [6.07, 6.45) is 2.87. The Balaban J connectivity index is 1.64. The number of carbonyl (C=O) groups is 2. The third kappa shape index (κ3) is 2.90. The van der Waals surface area contributed by atoms with Crippen molar-refractivity contribution in [2.45, 2.75) is 12.5 Å². The smallest absolute Gasteiger partial charge is 0.407 e. The van der Waals surface area contributed by atoms with Crippen LogP contribution in [0.2, 0.25) is 0 Å². The fourth-order valence-electron chi connectivity index (χ4n) is 2.35. The van der Waals surface area contributed by atoms with Crippen LogP contribution in [0.15, 0.2) is 35.1 Å². The van der Waals surface area contributed by atoms with Crippen LogP contribution in [-0.2, 0) is 0 Å². The predicted molar refractivity (Wildman–Crippen MR) is 75.2 cm³/mol. The van der Waals surface area contributed by atoms with E-state index in [1.54, 1.807) is 30.6 Å². The van der Waals surface area contributed by atoms with Crippen molar-refractivity contribution in [1.29, 1.82) is 0 Å². The van der Waals surface area contributed by atoms with Crippen LogP contribution in [0.3, 0.4) is 0 Å². The average Bonchev–Trinajstić information content (AvgIpc) is 3.17. The first kappa shape index (κ1) is 14.1. The third-order valence-electron chi connectivity index (χ3n) is 3.50. The summed E-state index contributed by atoms with van der Waals surface area (Å²) < 4.78 is 5.05. The van der Waals surface area contributed by atoms with Gasteiger partial charge in [-0.1, -0.05) is 5.16 Å². The van der Waals surface area contributed by atoms with E-state index in [0.717, 1.165) is 5.56 Å². The van der Waals surface area contributed by atoms with Gasteiger partial charge in [-0.3, -0.25) is 9.78 Å². The monoisotopic (exact) mass is 302 g/mol. The lowest BCUT2D eigenvalue weighted by molar-refractivity contribution is 0.0899. The second kappa shape index (κ2) is 5.84. The molecule has 2 amide bonds. The maximum absolute atomic E-state index is 12.1. The largest absolute Gasteiger partial charge is 0.465 e. The molecule has 2 N–H and O–H groups in total. The molecule has 1 atom stereocenters. The fraction of sp³-hybridized carbons (Fsp3) is 0.286. The first-order chi connectivity index (χ1) is 10.6. The molecule has 0 bridgehead atoms. The Kier molecular flexibility index (Phi) is 3.73. The molecule has 1 fully saturated rings. The summed E-state index contributed by atoms with van der Waals surface area (Å²) in [6.45, 7) is 0.700. The molecule has 3 heterocycles. The van der Waals surface area contributed by atoms with Crippen LogP contribution >= 0.6 is 0 Å². The average molecular weight is 302 g/mol. The van der Waals surface area contributed by atoms with Gasteiger partial charge in [-0.2, -0.15) is 0 Å². The number of amides is 2. The Morgan fingerprint density at radius 2 is 2.14 bits per heavy atom. The van der Waals surface area contributed by atoms with Crippen molar-refractivity contribution < 1.29 is 19.2 Å². The third-order valence-corrected chi connectivity index (χ3v) is 3.50. The van der Waals surface area contributed by atoms with E-state index in [9.17, 15) is 9.59 Å². The minimum Gasteiger partial charge on any atom is -0.465 e. The number of carboxylic acid groups (broad SMARTS) is 1. The van der Waals surface area contributed by atoms with Gasteiger partial charge >= 0.3 is 6.09 Å². The van der Waals surface area contributed by atoms with Crippen LogP contribution in [0, 0.1) is 0 Å². The van der Waals surface area contributed by atoms with Crippen molar-refractivity contribution in [2.75, 3.05) is 13.1 Å². The number of nitrogens with zero attached hydrogens (tertiary/aromatic N) is 3. The Morgan fingerprint density at radius 3 is 2.82 bits per heavy atom. The predicted octanol–water partition coefficient (Wildman–Crippen LogP) is 1.22. The van der Waals surface area contributed by atoms with Crippen molar-refractivity contribution in [3.63, 3.8) is 0 Å². The van der Waals surface area contributed by atoms with Crippen molar-refractivity contribution in [3.8, 4) is 11.3 Å². The van der Waals surface area contributed by atoms with Crippen LogP contribution in [0.1, 0.15) is 17.0 Å². The first-order valence-electron chi connectivity index (χ1n) is 6.79. The zero-order valence-electron chi connectivity index (χ0n) is 11.6. The second-order valence-electron chi connectivity index (χ2n) is 5.00. The van der Waals surface area contributed by atoms with Crippen LogP contribution in [0.4, 0.5) is 4.79 Å². The highest BCUT2D eigenvalue weighted by molar-refractivity contribution is 5.92. The lowest BCUT2D eigenvalue weighted by Gasteiger charge is -2.12. The maximum atomic E-state index is 12.1. The standard InChI is InChI=1S/C14H14N4O4/c19-13(16-10-3-6-18(8-10)14(20)21)12-7-11(17-22-12)9-1-4-15-5-2-9/h1-2,4-5,7,10H,3,6,8H2,(H,16,19)(H,20,21)/t10-/m1/s1. The number of nitrogens with one attached hydrogen (secondary N) is 1. The zero-order chi connectivity index (χ0) is 15.5. The minimum absolute atomic E-state index is 0.0978. The molecule has 2 aromatic heterocycles. The summed E-state index contributed by atoms with van der Waals surface area (Å²) in [4.78, 5) is 28.1. The van der Waals surface area contributed by atoms with Crippen LogP contribution in [0.25, 0.3) is 11.3 Å². The summed E-state index contributed by atoms with van der Waals surface area (Å²) in [6, 6.07) is 4.87. The number of carbonyl (C=O) groups excluding carboxylic acids is 1. The normalized spacial score (nSPS) is 17.5. The lowest BCUT2D eigenvalue weighted by Crippen LogP contribution is -2.38. The molecule has 0 unspecified atom stereocenters. The van der Waals surface area contributed by atoms with Crippen molar-refractivity contribution in [3.05, 3.63) is 36.4 Å². The van der Waals surface area contributed by atoms with E-state index in [0.29, 0.717) is 18.7 Å². The van der Waals surface area contributed by atoms with Gasteiger partial charge in [-0.25, -0.2) is 4.79 Å². The molecule has 0 spiro atoms. The van der Waals surface area contributed by atoms with Crippen LogP contribution in [0.5, 0.6) is 0 Å². The van der Waals surface area contributed by atoms with Gasteiger partial charge in [0.2, 0.25) is 5.76 Å². The van der Waals surface area contributed by atoms with Gasteiger partial charge in [-0.05, 0) is 18.6 Å². The molecule has 0 aliphatic carbocycles. The number of hydrogen-bond acceptors (Lipinski definition) is 5. The zero-order valence-corrected chi connectivity index (χ0v) is 11.6. The summed E-state index contributed by atoms with van der Waals surface area (Å²) in [5.74, 6) is -0.300. The number of pyridine rings is 1. The van der Waals surface area contributed by atoms with Gasteiger partial charge in [0.25, 0.3) is 5.91 Å². The van der Waals surface area contributed by atoms with Gasteiger partial charge < -0.3 is 19.8 Å². The molecule has 8 heteroatoms. The quantitative estimate of drug-likeness (QED) is 0.882. The van der Waals surface area contributed by atoms with E-state index >= 15 is 0 Å². The molecule has 1 aliphatic rings. The molecule has 22 heavy (non-hydrogen) atoms. The second-order valence-corrected chi connectivity index (χ2v) is 5.00. The molecule has 3 rings (SSSR count). The number of aromatic nitrogens is 2. The molecule has 0 radical (unpaired) electrons. The molecule has 8 nitrogen and oxygen atoms in total. The summed E-state index contributed by atoms with van der Waals surface area (Å²) >= 11 is 0. The van der Waals surface area contributed by atoms with Gasteiger partial charge in [0.05, 0.1) is 0 Å². The summed E-state index contributed by atoms with van der Waals surface area (Å²) in [5.41, 5.74) is 1.35. The fourth-order valence-corrected chi connectivity index (χ4v) is 2.35. The van der Waals surface area contributed by atoms with E-state index in [2.05, 4.69) is 15.5 Å². The number of rotatable bonds is 3. The van der Waals surface area contributed by atoms with Crippen molar-refractivity contribution >= 4 is 12.0 Å². The van der Waals surface area contributed by atoms with Crippen molar-refractivity contribution in [1.82, 2.24) is 20.4 Å².